The summed E-state index contributed by atoms with van der Waals surface area (Å²) in [6, 6.07) is 4.19. The zero-order chi connectivity index (χ0) is 10.4. The number of fused-ring (bicyclic) bond motifs is 1. The average Bonchev–Trinajstić information content (AvgIpc) is 2.95. The number of hydrogen-bond acceptors (Lipinski definition) is 2. The molecule has 3 rings (SSSR count). The van der Waals surface area contributed by atoms with Gasteiger partial charge in [0.25, 0.3) is 0 Å². The Bertz CT molecular complexity index is 495. The van der Waals surface area contributed by atoms with E-state index < -0.39 is 0 Å². The molecule has 2 aromatic heterocycles. The smallest absolute Gasteiger partial charge is 0.155 e. The van der Waals surface area contributed by atoms with E-state index in [1.165, 1.54) is 18.5 Å². The largest absolute Gasteiger partial charge is 0.237 e. The van der Waals surface area contributed by atoms with E-state index in [9.17, 15) is 0 Å². The highest BCUT2D eigenvalue weighted by atomic mass is 15.3. The molecule has 0 saturated heterocycles. The molecule has 15 heavy (non-hydrogen) atoms. The van der Waals surface area contributed by atoms with E-state index in [0.717, 1.165) is 17.3 Å². The standard InChI is InChI=1S/C12H15N3/c1-8(2)10-7-12-13-6-5-11(9-3-4-9)15(12)14-10/h5-9H,3-4H2,1-2H3. The first-order valence-corrected chi connectivity index (χ1v) is 5.60. The molecule has 0 atom stereocenters. The van der Waals surface area contributed by atoms with E-state index >= 15 is 0 Å². The van der Waals surface area contributed by atoms with Crippen molar-refractivity contribution in [3.8, 4) is 0 Å². The van der Waals surface area contributed by atoms with Gasteiger partial charge in [0.2, 0.25) is 0 Å². The Labute approximate surface area is 89.1 Å². The molecule has 0 unspecified atom stereocenters. The second kappa shape index (κ2) is 3.05. The Morgan fingerprint density at radius 2 is 2.20 bits per heavy atom. The third kappa shape index (κ3) is 1.42. The third-order valence-corrected chi connectivity index (χ3v) is 2.99. The lowest BCUT2D eigenvalue weighted by molar-refractivity contribution is 0.762. The number of aromatic nitrogens is 3. The van der Waals surface area contributed by atoms with Crippen LogP contribution in [0.15, 0.2) is 18.3 Å². The van der Waals surface area contributed by atoms with Gasteiger partial charge in [-0.15, -0.1) is 0 Å². The molecule has 1 aliphatic rings. The van der Waals surface area contributed by atoms with Crippen LogP contribution in [-0.2, 0) is 0 Å². The van der Waals surface area contributed by atoms with Crippen LogP contribution in [0.4, 0.5) is 0 Å². The van der Waals surface area contributed by atoms with Gasteiger partial charge in [0.05, 0.1) is 5.69 Å². The minimum Gasteiger partial charge on any atom is -0.237 e. The molecule has 0 radical (unpaired) electrons. The van der Waals surface area contributed by atoms with Crippen LogP contribution in [0.25, 0.3) is 5.65 Å². The highest BCUT2D eigenvalue weighted by Gasteiger charge is 2.26. The summed E-state index contributed by atoms with van der Waals surface area (Å²) in [6.07, 6.45) is 4.50. The predicted molar refractivity (Wildman–Crippen MR) is 59.1 cm³/mol. The molecule has 0 amide bonds. The van der Waals surface area contributed by atoms with Crippen LogP contribution in [0, 0.1) is 0 Å². The van der Waals surface area contributed by atoms with Crippen molar-refractivity contribution in [2.75, 3.05) is 0 Å². The van der Waals surface area contributed by atoms with E-state index in [2.05, 4.69) is 36.1 Å². The maximum atomic E-state index is 4.63. The van der Waals surface area contributed by atoms with Crippen molar-refractivity contribution in [2.24, 2.45) is 0 Å². The van der Waals surface area contributed by atoms with Gasteiger partial charge in [-0.3, -0.25) is 0 Å². The average molecular weight is 201 g/mol. The second-order valence-corrected chi connectivity index (χ2v) is 4.64. The Kier molecular flexibility index (Phi) is 1.81. The van der Waals surface area contributed by atoms with E-state index in [4.69, 9.17) is 0 Å². The van der Waals surface area contributed by atoms with Crippen LogP contribution in [-0.4, -0.2) is 14.6 Å². The van der Waals surface area contributed by atoms with Crippen LogP contribution < -0.4 is 0 Å². The van der Waals surface area contributed by atoms with Crippen LogP contribution >= 0.6 is 0 Å². The zero-order valence-corrected chi connectivity index (χ0v) is 9.14. The topological polar surface area (TPSA) is 30.2 Å². The first-order valence-electron chi connectivity index (χ1n) is 5.60. The molecule has 1 saturated carbocycles. The molecular weight excluding hydrogens is 186 g/mol. The molecule has 2 aromatic rings. The van der Waals surface area contributed by atoms with Crippen LogP contribution in [0.2, 0.25) is 0 Å². The van der Waals surface area contributed by atoms with Crippen molar-refractivity contribution >= 4 is 5.65 Å². The summed E-state index contributed by atoms with van der Waals surface area (Å²) in [5, 5.41) is 4.63. The summed E-state index contributed by atoms with van der Waals surface area (Å²) in [6.45, 7) is 4.33. The fraction of sp³-hybridized carbons (Fsp3) is 0.500. The van der Waals surface area contributed by atoms with Crippen molar-refractivity contribution in [2.45, 2.75) is 38.5 Å². The summed E-state index contributed by atoms with van der Waals surface area (Å²) < 4.78 is 2.02. The Balaban J connectivity index is 2.20. The SMILES string of the molecule is CC(C)c1cc2nccc(C3CC3)n2n1. The number of rotatable bonds is 2. The van der Waals surface area contributed by atoms with Gasteiger partial charge in [-0.2, -0.15) is 5.10 Å². The summed E-state index contributed by atoms with van der Waals surface area (Å²) in [4.78, 5) is 4.36. The van der Waals surface area contributed by atoms with Gasteiger partial charge in [0, 0.05) is 23.9 Å². The molecule has 0 bridgehead atoms. The Morgan fingerprint density at radius 3 is 2.87 bits per heavy atom. The lowest BCUT2D eigenvalue weighted by Crippen LogP contribution is -1.98. The fourth-order valence-corrected chi connectivity index (χ4v) is 1.90. The molecule has 2 heterocycles. The molecule has 1 aliphatic carbocycles. The molecular formula is C12H15N3. The first kappa shape index (κ1) is 8.89. The van der Waals surface area contributed by atoms with Gasteiger partial charge in [-0.05, 0) is 24.8 Å². The first-order chi connectivity index (χ1) is 7.25. The lowest BCUT2D eigenvalue weighted by atomic mass is 10.1. The van der Waals surface area contributed by atoms with Gasteiger partial charge in [0.15, 0.2) is 5.65 Å². The summed E-state index contributed by atoms with van der Waals surface area (Å²) >= 11 is 0. The number of nitrogens with zero attached hydrogens (tertiary/aromatic N) is 3. The summed E-state index contributed by atoms with van der Waals surface area (Å²) in [5.74, 6) is 1.19. The Hall–Kier alpha value is -1.38. The molecule has 1 fully saturated rings. The molecule has 0 aliphatic heterocycles. The van der Waals surface area contributed by atoms with Gasteiger partial charge >= 0.3 is 0 Å². The zero-order valence-electron chi connectivity index (χ0n) is 9.14. The van der Waals surface area contributed by atoms with Crippen LogP contribution in [0.1, 0.15) is 49.9 Å². The molecule has 0 N–H and O–H groups in total. The normalized spacial score (nSPS) is 16.5. The van der Waals surface area contributed by atoms with Crippen LogP contribution in [0.5, 0.6) is 0 Å². The highest BCUT2D eigenvalue weighted by Crippen LogP contribution is 2.39. The van der Waals surface area contributed by atoms with E-state index in [0.29, 0.717) is 5.92 Å². The minimum absolute atomic E-state index is 0.471. The summed E-state index contributed by atoms with van der Waals surface area (Å²) in [7, 11) is 0. The third-order valence-electron chi connectivity index (χ3n) is 2.99. The van der Waals surface area contributed by atoms with Crippen molar-refractivity contribution < 1.29 is 0 Å². The lowest BCUT2D eigenvalue weighted by Gasteiger charge is -2.01. The van der Waals surface area contributed by atoms with Crippen molar-refractivity contribution in [3.63, 3.8) is 0 Å². The highest BCUT2D eigenvalue weighted by molar-refractivity contribution is 5.42. The minimum atomic E-state index is 0.471. The van der Waals surface area contributed by atoms with Gasteiger partial charge in [-0.25, -0.2) is 9.50 Å². The molecule has 3 heteroatoms. The molecule has 3 nitrogen and oxygen atoms in total. The fourth-order valence-electron chi connectivity index (χ4n) is 1.90. The molecule has 0 aromatic carbocycles. The predicted octanol–water partition coefficient (Wildman–Crippen LogP) is 2.73. The van der Waals surface area contributed by atoms with Crippen molar-refractivity contribution in [1.82, 2.24) is 14.6 Å². The van der Waals surface area contributed by atoms with Gasteiger partial charge < -0.3 is 0 Å². The quantitative estimate of drug-likeness (QED) is 0.747. The summed E-state index contributed by atoms with van der Waals surface area (Å²) in [5.41, 5.74) is 3.45. The Morgan fingerprint density at radius 1 is 1.40 bits per heavy atom. The van der Waals surface area contributed by atoms with Gasteiger partial charge in [0.1, 0.15) is 0 Å². The maximum Gasteiger partial charge on any atom is 0.155 e. The van der Waals surface area contributed by atoms with E-state index in [-0.39, 0.29) is 0 Å². The van der Waals surface area contributed by atoms with Crippen LogP contribution in [0.3, 0.4) is 0 Å². The molecule has 0 spiro atoms. The monoisotopic (exact) mass is 201 g/mol. The maximum absolute atomic E-state index is 4.63. The van der Waals surface area contributed by atoms with E-state index in [1.807, 2.05) is 10.7 Å². The van der Waals surface area contributed by atoms with Gasteiger partial charge in [-0.1, -0.05) is 13.8 Å². The number of hydrogen-bond donors (Lipinski definition) is 0. The van der Waals surface area contributed by atoms with E-state index in [1.54, 1.807) is 0 Å². The molecule has 78 valence electrons. The van der Waals surface area contributed by atoms with Crippen molar-refractivity contribution in [3.05, 3.63) is 29.7 Å². The van der Waals surface area contributed by atoms with Crippen molar-refractivity contribution in [1.29, 1.82) is 0 Å². The second-order valence-electron chi connectivity index (χ2n) is 4.64.